The van der Waals surface area contributed by atoms with Crippen LogP contribution in [0, 0.1) is 13.8 Å². The zero-order valence-corrected chi connectivity index (χ0v) is 12.1. The molecule has 0 aliphatic heterocycles. The Kier molecular flexibility index (Phi) is 4.62. The van der Waals surface area contributed by atoms with E-state index in [1.54, 1.807) is 0 Å². The lowest BCUT2D eigenvalue weighted by molar-refractivity contribution is 0.455. The number of hydrogen-bond acceptors (Lipinski definition) is 2. The summed E-state index contributed by atoms with van der Waals surface area (Å²) in [5, 5.41) is 1.31. The lowest BCUT2D eigenvalue weighted by atomic mass is 10.2. The molecule has 0 saturated heterocycles. The lowest BCUT2D eigenvalue weighted by Crippen LogP contribution is -2.12. The lowest BCUT2D eigenvalue weighted by Gasteiger charge is -2.11. The molecule has 19 heavy (non-hydrogen) atoms. The molecule has 97 valence electrons. The highest BCUT2D eigenvalue weighted by atomic mass is 35.5. The van der Waals surface area contributed by atoms with Crippen LogP contribution in [0.25, 0.3) is 0 Å². The molecule has 0 saturated carbocycles. The molecule has 0 fully saturated rings. The zero-order valence-electron chi connectivity index (χ0n) is 10.6. The fraction of sp³-hybridized carbons (Fsp3) is 0.143. The monoisotopic (exact) mass is 293 g/mol. The van der Waals surface area contributed by atoms with Gasteiger partial charge in [-0.1, -0.05) is 35.3 Å². The maximum atomic E-state index is 6.00. The van der Waals surface area contributed by atoms with Crippen LogP contribution in [0.1, 0.15) is 11.1 Å². The molecule has 2 aromatic rings. The number of benzene rings is 2. The molecule has 0 heterocycles. The molecule has 5 heteroatoms. The van der Waals surface area contributed by atoms with E-state index in [1.807, 2.05) is 50.2 Å². The minimum atomic E-state index is 0.657. The van der Waals surface area contributed by atoms with Gasteiger partial charge in [-0.05, 0) is 38.1 Å². The van der Waals surface area contributed by atoms with Crippen LogP contribution in [-0.4, -0.2) is 7.69 Å². The molecule has 0 spiro atoms. The third-order valence-electron chi connectivity index (χ3n) is 2.79. The van der Waals surface area contributed by atoms with Crippen LogP contribution >= 0.6 is 23.2 Å². The van der Waals surface area contributed by atoms with Crippen LogP contribution in [0.3, 0.4) is 0 Å². The fourth-order valence-corrected chi connectivity index (χ4v) is 1.89. The minimum absolute atomic E-state index is 0.657. The first-order valence-corrected chi connectivity index (χ1v) is 6.50. The van der Waals surface area contributed by atoms with Gasteiger partial charge in [0.05, 0.1) is 0 Å². The van der Waals surface area contributed by atoms with Crippen molar-refractivity contribution in [3.63, 3.8) is 0 Å². The van der Waals surface area contributed by atoms with E-state index >= 15 is 0 Å². The predicted octanol–water partition coefficient (Wildman–Crippen LogP) is 4.60. The largest absolute Gasteiger partial charge is 0.658 e. The van der Waals surface area contributed by atoms with E-state index in [1.165, 1.54) is 7.69 Å². The second kappa shape index (κ2) is 6.22. The molecule has 2 aromatic carbocycles. The van der Waals surface area contributed by atoms with Crippen molar-refractivity contribution in [1.29, 1.82) is 0 Å². The zero-order chi connectivity index (χ0) is 13.8. The van der Waals surface area contributed by atoms with E-state index in [9.17, 15) is 0 Å². The van der Waals surface area contributed by atoms with Gasteiger partial charge in [-0.25, -0.2) is 0 Å². The molecule has 0 bridgehead atoms. The van der Waals surface area contributed by atoms with Gasteiger partial charge in [0.1, 0.15) is 11.5 Å². The molecule has 0 N–H and O–H groups in total. The van der Waals surface area contributed by atoms with Gasteiger partial charge in [0.25, 0.3) is 0 Å². The van der Waals surface area contributed by atoms with Crippen molar-refractivity contribution in [3.8, 4) is 11.5 Å². The van der Waals surface area contributed by atoms with Crippen molar-refractivity contribution in [2.45, 2.75) is 13.8 Å². The summed E-state index contributed by atoms with van der Waals surface area (Å²) in [6.07, 6.45) is 0. The summed E-state index contributed by atoms with van der Waals surface area (Å²) in [5.41, 5.74) is 1.73. The van der Waals surface area contributed by atoms with Crippen LogP contribution in [0.2, 0.25) is 10.0 Å². The molecule has 1 radical (unpaired) electrons. The molecule has 0 atom stereocenters. The maximum Gasteiger partial charge on any atom is 0.658 e. The average Bonchev–Trinajstić information content (AvgIpc) is 2.39. The second-order valence-corrected chi connectivity index (χ2v) is 4.87. The highest BCUT2D eigenvalue weighted by molar-refractivity contribution is 6.32. The first-order chi connectivity index (χ1) is 9.09. The second-order valence-electron chi connectivity index (χ2n) is 4.06. The molecule has 2 nitrogen and oxygen atoms in total. The smallest absolute Gasteiger partial charge is 0.526 e. The first kappa shape index (κ1) is 14.1. The molecule has 0 unspecified atom stereocenters. The topological polar surface area (TPSA) is 18.5 Å². The van der Waals surface area contributed by atoms with Crippen molar-refractivity contribution >= 4 is 30.9 Å². The molecule has 0 aromatic heterocycles. The van der Waals surface area contributed by atoms with Crippen molar-refractivity contribution < 1.29 is 9.31 Å². The average molecular weight is 294 g/mol. The number of halogens is 2. The van der Waals surface area contributed by atoms with Crippen LogP contribution in [0.4, 0.5) is 0 Å². The van der Waals surface area contributed by atoms with Crippen molar-refractivity contribution in [2.75, 3.05) is 0 Å². The molecule has 0 amide bonds. The maximum absolute atomic E-state index is 6.00. The Labute approximate surface area is 123 Å². The summed E-state index contributed by atoms with van der Waals surface area (Å²) in [4.78, 5) is 0. The van der Waals surface area contributed by atoms with Crippen molar-refractivity contribution in [2.24, 2.45) is 0 Å². The van der Waals surface area contributed by atoms with Crippen LogP contribution in [-0.2, 0) is 0 Å². The van der Waals surface area contributed by atoms with Gasteiger partial charge in [0.2, 0.25) is 0 Å². The summed E-state index contributed by atoms with van der Waals surface area (Å²) in [6.45, 7) is 3.77. The molecule has 2 rings (SSSR count). The Morgan fingerprint density at radius 1 is 0.789 bits per heavy atom. The van der Waals surface area contributed by atoms with Gasteiger partial charge in [0.15, 0.2) is 0 Å². The van der Waals surface area contributed by atoms with Gasteiger partial charge >= 0.3 is 7.69 Å². The van der Waals surface area contributed by atoms with Crippen LogP contribution in [0.5, 0.6) is 11.5 Å². The minimum Gasteiger partial charge on any atom is -0.526 e. The van der Waals surface area contributed by atoms with Gasteiger partial charge in [-0.2, -0.15) is 0 Å². The predicted molar refractivity (Wildman–Crippen MR) is 79.4 cm³/mol. The Balaban J connectivity index is 2.00. The Morgan fingerprint density at radius 2 is 1.21 bits per heavy atom. The summed E-state index contributed by atoms with van der Waals surface area (Å²) < 4.78 is 10.9. The standard InChI is InChI=1S/C14H12BCl2O2/c1-9-11(16)5-3-7-13(9)18-15-19-14-8-4-6-12(17)10(14)2/h3-8H,1-2H3. The Morgan fingerprint density at radius 3 is 1.63 bits per heavy atom. The highest BCUT2D eigenvalue weighted by Gasteiger charge is 2.08. The third-order valence-corrected chi connectivity index (χ3v) is 3.61. The molecule has 0 aliphatic rings. The van der Waals surface area contributed by atoms with Crippen LogP contribution in [0.15, 0.2) is 36.4 Å². The van der Waals surface area contributed by atoms with E-state index in [2.05, 4.69) is 0 Å². The van der Waals surface area contributed by atoms with E-state index in [4.69, 9.17) is 32.5 Å². The number of hydrogen-bond donors (Lipinski definition) is 0. The van der Waals surface area contributed by atoms with Gasteiger partial charge in [0, 0.05) is 21.2 Å². The quantitative estimate of drug-likeness (QED) is 0.767. The molecular weight excluding hydrogens is 282 g/mol. The van der Waals surface area contributed by atoms with Crippen molar-refractivity contribution in [1.82, 2.24) is 0 Å². The Hall–Kier alpha value is -1.32. The van der Waals surface area contributed by atoms with Gasteiger partial charge < -0.3 is 9.31 Å². The van der Waals surface area contributed by atoms with Gasteiger partial charge in [-0.3, -0.25) is 0 Å². The van der Waals surface area contributed by atoms with E-state index < -0.39 is 0 Å². The summed E-state index contributed by atoms with van der Waals surface area (Å²) in [5.74, 6) is 1.32. The molecular formula is C14H12BCl2O2. The third kappa shape index (κ3) is 3.37. The summed E-state index contributed by atoms with van der Waals surface area (Å²) in [6, 6.07) is 10.9. The number of rotatable bonds is 4. The summed E-state index contributed by atoms with van der Waals surface area (Å²) >= 11 is 12.0. The van der Waals surface area contributed by atoms with Gasteiger partial charge in [-0.15, -0.1) is 0 Å². The van der Waals surface area contributed by atoms with Crippen molar-refractivity contribution in [3.05, 3.63) is 57.6 Å². The molecule has 0 aliphatic carbocycles. The normalized spacial score (nSPS) is 10.1. The Bertz CT molecular complexity index is 536. The fourth-order valence-electron chi connectivity index (χ4n) is 1.56. The van der Waals surface area contributed by atoms with E-state index in [-0.39, 0.29) is 0 Å². The highest BCUT2D eigenvalue weighted by Crippen LogP contribution is 2.26. The first-order valence-electron chi connectivity index (χ1n) is 5.75. The summed E-state index contributed by atoms with van der Waals surface area (Å²) in [7, 11) is 1.28. The van der Waals surface area contributed by atoms with E-state index in [0.717, 1.165) is 11.1 Å². The van der Waals surface area contributed by atoms with Crippen LogP contribution < -0.4 is 9.31 Å². The SMILES string of the molecule is Cc1c(Cl)cccc1O[B]Oc1cccc(Cl)c1C. The van der Waals surface area contributed by atoms with E-state index in [0.29, 0.717) is 21.5 Å².